The molecule has 168 valence electrons. The van der Waals surface area contributed by atoms with Crippen molar-refractivity contribution in [2.75, 3.05) is 5.32 Å². The van der Waals surface area contributed by atoms with Crippen molar-refractivity contribution in [2.45, 2.75) is 19.6 Å². The van der Waals surface area contributed by atoms with Crippen LogP contribution in [0.1, 0.15) is 16.8 Å². The molecule has 8 nitrogen and oxygen atoms in total. The van der Waals surface area contributed by atoms with E-state index in [0.29, 0.717) is 5.69 Å². The third kappa shape index (κ3) is 5.50. The van der Waals surface area contributed by atoms with Crippen molar-refractivity contribution < 1.29 is 27.5 Å². The maximum Gasteiger partial charge on any atom is 0.416 e. The first-order valence-electron chi connectivity index (χ1n) is 9.70. The van der Waals surface area contributed by atoms with Gasteiger partial charge in [0.2, 0.25) is 11.8 Å². The summed E-state index contributed by atoms with van der Waals surface area (Å²) in [7, 11) is 0. The normalized spacial score (nSPS) is 12.1. The molecule has 0 aliphatic rings. The van der Waals surface area contributed by atoms with Crippen molar-refractivity contribution in [1.29, 1.82) is 0 Å². The second-order valence-corrected chi connectivity index (χ2v) is 7.09. The maximum absolute atomic E-state index is 12.8. The van der Waals surface area contributed by atoms with E-state index in [1.165, 1.54) is 23.0 Å². The number of amidine groups is 1. The molecule has 0 radical (unpaired) electrons. The topological polar surface area (TPSA) is 103 Å². The molecule has 4 aromatic rings. The summed E-state index contributed by atoms with van der Waals surface area (Å²) in [6.07, 6.45) is 2.10. The fraction of sp³-hybridized carbons (Fsp3) is 0.136. The highest BCUT2D eigenvalue weighted by atomic mass is 19.4. The van der Waals surface area contributed by atoms with Crippen molar-refractivity contribution >= 4 is 17.6 Å². The number of nitrogens with one attached hydrogen (secondary N) is 1. The third-order valence-corrected chi connectivity index (χ3v) is 4.65. The first-order chi connectivity index (χ1) is 15.8. The van der Waals surface area contributed by atoms with Gasteiger partial charge in [-0.05, 0) is 47.5 Å². The van der Waals surface area contributed by atoms with E-state index in [0.717, 1.165) is 28.8 Å². The first-order valence-corrected chi connectivity index (χ1v) is 9.70. The lowest BCUT2D eigenvalue weighted by atomic mass is 10.1. The summed E-state index contributed by atoms with van der Waals surface area (Å²) in [5.41, 5.74) is 2.77. The predicted molar refractivity (Wildman–Crippen MR) is 110 cm³/mol. The van der Waals surface area contributed by atoms with Gasteiger partial charge in [-0.3, -0.25) is 14.5 Å². The Kier molecular flexibility index (Phi) is 6.03. The minimum absolute atomic E-state index is 0.0425. The van der Waals surface area contributed by atoms with Gasteiger partial charge in [0.05, 0.1) is 11.6 Å². The molecule has 0 bridgehead atoms. The van der Waals surface area contributed by atoms with Crippen LogP contribution in [0.3, 0.4) is 0 Å². The minimum Gasteiger partial charge on any atom is -0.846 e. The summed E-state index contributed by atoms with van der Waals surface area (Å²) in [4.78, 5) is 12.2. The zero-order valence-electron chi connectivity index (χ0n) is 17.2. The van der Waals surface area contributed by atoms with Crippen molar-refractivity contribution in [2.24, 2.45) is 4.99 Å². The molecular formula is C22H17F3N6O2. The Morgan fingerprint density at radius 2 is 2.03 bits per heavy atom. The molecule has 0 unspecified atom stereocenters. The molecule has 0 spiro atoms. The Labute approximate surface area is 186 Å². The van der Waals surface area contributed by atoms with Crippen molar-refractivity contribution in [1.82, 2.24) is 15.2 Å². The number of aliphatic imine (C=N–C) groups is 1. The number of aryl methyl sites for hydroxylation is 1. The van der Waals surface area contributed by atoms with Crippen LogP contribution in [0.25, 0.3) is 11.1 Å². The fourth-order valence-electron chi connectivity index (χ4n) is 3.03. The van der Waals surface area contributed by atoms with Gasteiger partial charge >= 0.3 is 12.1 Å². The zero-order valence-corrected chi connectivity index (χ0v) is 17.2. The van der Waals surface area contributed by atoms with E-state index in [-0.39, 0.29) is 18.1 Å². The fourth-order valence-corrected chi connectivity index (χ4v) is 3.03. The van der Waals surface area contributed by atoms with Gasteiger partial charge in [0.15, 0.2) is 0 Å². The van der Waals surface area contributed by atoms with Crippen LogP contribution in [0.2, 0.25) is 0 Å². The number of hydrogen-bond acceptors (Lipinski definition) is 6. The van der Waals surface area contributed by atoms with Crippen LogP contribution in [-0.2, 0) is 12.7 Å². The first kappa shape index (κ1) is 21.9. The highest BCUT2D eigenvalue weighted by Gasteiger charge is 2.30. The number of pyridine rings is 2. The molecule has 0 aliphatic carbocycles. The molecule has 0 aliphatic heterocycles. The highest BCUT2D eigenvalue weighted by Crippen LogP contribution is 2.30. The molecule has 1 N–H and O–H groups in total. The maximum atomic E-state index is 12.8. The molecule has 0 saturated carbocycles. The van der Waals surface area contributed by atoms with E-state index < -0.39 is 17.8 Å². The summed E-state index contributed by atoms with van der Waals surface area (Å²) >= 11 is 0. The molecule has 4 rings (SSSR count). The summed E-state index contributed by atoms with van der Waals surface area (Å²) in [6, 6.07) is 9.01. The monoisotopic (exact) mass is 454 g/mol. The number of halogens is 3. The van der Waals surface area contributed by atoms with Gasteiger partial charge in [0.1, 0.15) is 5.69 Å². The van der Waals surface area contributed by atoms with E-state index in [2.05, 4.69) is 25.5 Å². The Morgan fingerprint density at radius 1 is 1.18 bits per heavy atom. The van der Waals surface area contributed by atoms with Crippen molar-refractivity contribution in [3.05, 3.63) is 84.1 Å². The van der Waals surface area contributed by atoms with Gasteiger partial charge in [0.25, 0.3) is 6.20 Å². The standard InChI is InChI=1S/C22H17F3N6O2/c1-14-7-8-26-11-19(14)15-5-6-18(27-10-15)12-31-13-20(33-30-31)29-21(32)28-17-4-2-3-16(9-17)22(23,24)25/h2-11,13H,12H2,1H3,(H-,28,29,30,32). The van der Waals surface area contributed by atoms with E-state index in [4.69, 9.17) is 4.52 Å². The summed E-state index contributed by atoms with van der Waals surface area (Å²) in [5.74, 6) is -0.109. The number of nitrogens with zero attached hydrogens (tertiary/aromatic N) is 5. The molecule has 0 fully saturated rings. The molecule has 0 amide bonds. The average Bonchev–Trinajstić information content (AvgIpc) is 3.21. The number of rotatable bonds is 5. The van der Waals surface area contributed by atoms with Gasteiger partial charge in [-0.1, -0.05) is 12.1 Å². The zero-order chi connectivity index (χ0) is 23.4. The molecule has 3 heterocycles. The Bertz CT molecular complexity index is 1290. The van der Waals surface area contributed by atoms with Crippen LogP contribution < -0.4 is 15.1 Å². The van der Waals surface area contributed by atoms with Gasteiger partial charge in [-0.2, -0.15) is 13.2 Å². The van der Waals surface area contributed by atoms with Crippen LogP contribution in [0.5, 0.6) is 0 Å². The second-order valence-electron chi connectivity index (χ2n) is 7.09. The summed E-state index contributed by atoms with van der Waals surface area (Å²) in [6.45, 7) is 2.25. The molecule has 3 aromatic heterocycles. The highest BCUT2D eigenvalue weighted by molar-refractivity contribution is 5.87. The lowest BCUT2D eigenvalue weighted by Gasteiger charge is -2.14. The lowest BCUT2D eigenvalue weighted by Crippen LogP contribution is -2.35. The number of alkyl halides is 3. The van der Waals surface area contributed by atoms with Gasteiger partial charge < -0.3 is 10.4 Å². The minimum atomic E-state index is -4.52. The van der Waals surface area contributed by atoms with E-state index in [9.17, 15) is 18.3 Å². The Morgan fingerprint density at radius 3 is 2.76 bits per heavy atom. The smallest absolute Gasteiger partial charge is 0.416 e. The van der Waals surface area contributed by atoms with Gasteiger partial charge in [0, 0.05) is 35.4 Å². The van der Waals surface area contributed by atoms with Gasteiger partial charge in [-0.25, -0.2) is 4.99 Å². The van der Waals surface area contributed by atoms with Crippen LogP contribution in [0.15, 0.2) is 76.8 Å². The summed E-state index contributed by atoms with van der Waals surface area (Å²) < 4.78 is 44.8. The molecule has 0 atom stereocenters. The van der Waals surface area contributed by atoms with E-state index in [1.807, 2.05) is 25.1 Å². The Balaban J connectivity index is 1.42. The van der Waals surface area contributed by atoms with Crippen molar-refractivity contribution in [3.63, 3.8) is 0 Å². The number of anilines is 1. The Hall–Kier alpha value is -4.28. The third-order valence-electron chi connectivity index (χ3n) is 4.65. The number of aromatic nitrogens is 4. The molecule has 1 aromatic carbocycles. The molecule has 33 heavy (non-hydrogen) atoms. The van der Waals surface area contributed by atoms with Crippen LogP contribution in [-0.4, -0.2) is 21.3 Å². The molecule has 11 heteroatoms. The van der Waals surface area contributed by atoms with E-state index in [1.54, 1.807) is 18.6 Å². The predicted octanol–water partition coefficient (Wildman–Crippen LogP) is 3.25. The number of hydrogen-bond donors (Lipinski definition) is 1. The summed E-state index contributed by atoms with van der Waals surface area (Å²) in [5, 5.41) is 18.1. The second kappa shape index (κ2) is 9.07. The van der Waals surface area contributed by atoms with Crippen LogP contribution >= 0.6 is 0 Å². The number of benzene rings is 1. The molecule has 0 saturated heterocycles. The van der Waals surface area contributed by atoms with Crippen molar-refractivity contribution in [3.8, 4) is 11.1 Å². The SMILES string of the molecule is Cc1ccncc1-c1ccc(C[n+]2cc(/N=C(\[O-])Nc3cccc(C(F)(F)F)c3)on2)nc1. The largest absolute Gasteiger partial charge is 0.846 e. The molecular weight excluding hydrogens is 437 g/mol. The quantitative estimate of drug-likeness (QED) is 0.282. The average molecular weight is 454 g/mol. The lowest BCUT2D eigenvalue weighted by molar-refractivity contribution is -0.755. The van der Waals surface area contributed by atoms with Crippen LogP contribution in [0.4, 0.5) is 24.7 Å². The van der Waals surface area contributed by atoms with Crippen LogP contribution in [0, 0.1) is 6.92 Å². The van der Waals surface area contributed by atoms with E-state index >= 15 is 0 Å². The van der Waals surface area contributed by atoms with Gasteiger partial charge in [-0.15, -0.1) is 0 Å².